The Balaban J connectivity index is 1.96. The third kappa shape index (κ3) is 4.60. The molecule has 2 heterocycles. The maximum atomic E-state index is 10.7. The molecule has 0 saturated heterocycles. The molecule has 1 unspecified atom stereocenters. The monoisotopic (exact) mass is 291 g/mol. The molecule has 0 radical (unpaired) electrons. The minimum absolute atomic E-state index is 0.0873. The minimum Gasteiger partial charge on any atom is -0.481 e. The van der Waals surface area contributed by atoms with Crippen molar-refractivity contribution >= 4 is 5.97 Å². The quantitative estimate of drug-likeness (QED) is 0.748. The fourth-order valence-corrected chi connectivity index (χ4v) is 1.94. The van der Waals surface area contributed by atoms with Gasteiger partial charge >= 0.3 is 5.97 Å². The van der Waals surface area contributed by atoms with E-state index in [0.29, 0.717) is 18.8 Å². The number of carbonyl (C=O) groups is 1. The molecule has 2 aromatic rings. The summed E-state index contributed by atoms with van der Waals surface area (Å²) in [5.74, 6) is -0.224. The number of aryl methyl sites for hydroxylation is 2. The molecule has 2 aromatic heterocycles. The van der Waals surface area contributed by atoms with E-state index in [1.165, 1.54) is 7.11 Å². The van der Waals surface area contributed by atoms with Crippen molar-refractivity contribution in [1.82, 2.24) is 25.2 Å². The van der Waals surface area contributed by atoms with Crippen molar-refractivity contribution < 1.29 is 14.6 Å². The number of nitrogens with zero attached hydrogens (tertiary/aromatic N) is 5. The van der Waals surface area contributed by atoms with Crippen LogP contribution in [0.2, 0.25) is 0 Å². The lowest BCUT2D eigenvalue weighted by molar-refractivity contribution is -0.140. The standard InChI is InChI=1S/C13H17N5O3/c1-21-11(8-13(19)20)9-18-12(15-16-17-18)6-5-10-4-2-3-7-14-10/h2-4,7,11H,5-6,8-9H2,1H3,(H,19,20). The number of ether oxygens (including phenoxy) is 1. The lowest BCUT2D eigenvalue weighted by Gasteiger charge is -2.13. The van der Waals surface area contributed by atoms with Crippen LogP contribution in [-0.4, -0.2) is 49.5 Å². The Morgan fingerprint density at radius 2 is 2.29 bits per heavy atom. The zero-order chi connectivity index (χ0) is 15.1. The molecular weight excluding hydrogens is 274 g/mol. The molecule has 0 aliphatic carbocycles. The Morgan fingerprint density at radius 1 is 1.43 bits per heavy atom. The highest BCUT2D eigenvalue weighted by molar-refractivity contribution is 5.67. The van der Waals surface area contributed by atoms with Crippen molar-refractivity contribution in [2.45, 2.75) is 31.9 Å². The number of hydrogen-bond acceptors (Lipinski definition) is 6. The van der Waals surface area contributed by atoms with Gasteiger partial charge in [-0.1, -0.05) is 6.07 Å². The van der Waals surface area contributed by atoms with Gasteiger partial charge in [0.15, 0.2) is 5.82 Å². The topological polar surface area (TPSA) is 103 Å². The van der Waals surface area contributed by atoms with Crippen LogP contribution in [0.15, 0.2) is 24.4 Å². The molecular formula is C13H17N5O3. The van der Waals surface area contributed by atoms with Crippen molar-refractivity contribution in [3.8, 4) is 0 Å². The smallest absolute Gasteiger partial charge is 0.306 e. The summed E-state index contributed by atoms with van der Waals surface area (Å²) in [7, 11) is 1.48. The number of tetrazole rings is 1. The number of carboxylic acids is 1. The molecule has 0 saturated carbocycles. The van der Waals surface area contributed by atoms with E-state index in [9.17, 15) is 4.79 Å². The van der Waals surface area contributed by atoms with E-state index in [0.717, 1.165) is 12.1 Å². The largest absolute Gasteiger partial charge is 0.481 e. The second-order valence-corrected chi connectivity index (χ2v) is 4.55. The summed E-state index contributed by atoms with van der Waals surface area (Å²) in [6, 6.07) is 5.73. The predicted octanol–water partition coefficient (Wildman–Crippen LogP) is 0.343. The van der Waals surface area contributed by atoms with Crippen LogP contribution in [0.3, 0.4) is 0 Å². The molecule has 0 aliphatic rings. The van der Waals surface area contributed by atoms with Crippen LogP contribution in [0.25, 0.3) is 0 Å². The molecule has 0 fully saturated rings. The first-order valence-electron chi connectivity index (χ1n) is 6.58. The Kier molecular flexibility index (Phi) is 5.33. The Labute approximate surface area is 121 Å². The van der Waals surface area contributed by atoms with Crippen LogP contribution >= 0.6 is 0 Å². The van der Waals surface area contributed by atoms with E-state index in [-0.39, 0.29) is 6.42 Å². The van der Waals surface area contributed by atoms with Gasteiger partial charge < -0.3 is 9.84 Å². The number of rotatable bonds is 8. The summed E-state index contributed by atoms with van der Waals surface area (Å²) >= 11 is 0. The zero-order valence-corrected chi connectivity index (χ0v) is 11.7. The highest BCUT2D eigenvalue weighted by atomic mass is 16.5. The first-order chi connectivity index (χ1) is 10.2. The fourth-order valence-electron chi connectivity index (χ4n) is 1.94. The average molecular weight is 291 g/mol. The van der Waals surface area contributed by atoms with E-state index in [4.69, 9.17) is 9.84 Å². The minimum atomic E-state index is -0.912. The molecule has 8 heteroatoms. The van der Waals surface area contributed by atoms with Gasteiger partial charge in [-0.3, -0.25) is 9.78 Å². The van der Waals surface area contributed by atoms with Crippen molar-refractivity contribution in [3.05, 3.63) is 35.9 Å². The average Bonchev–Trinajstić information content (AvgIpc) is 2.92. The van der Waals surface area contributed by atoms with E-state index < -0.39 is 12.1 Å². The molecule has 0 aliphatic heterocycles. The summed E-state index contributed by atoms with van der Waals surface area (Å²) in [5, 5.41) is 20.3. The SMILES string of the molecule is COC(CC(=O)O)Cn1nnnc1CCc1ccccn1. The number of pyridine rings is 1. The van der Waals surface area contributed by atoms with Crippen molar-refractivity contribution in [2.75, 3.05) is 7.11 Å². The van der Waals surface area contributed by atoms with Crippen LogP contribution in [0.4, 0.5) is 0 Å². The van der Waals surface area contributed by atoms with Gasteiger partial charge in [-0.25, -0.2) is 4.68 Å². The van der Waals surface area contributed by atoms with E-state index in [2.05, 4.69) is 20.5 Å². The summed E-state index contributed by atoms with van der Waals surface area (Å²) in [4.78, 5) is 15.0. The van der Waals surface area contributed by atoms with Gasteiger partial charge in [0.1, 0.15) is 0 Å². The summed E-state index contributed by atoms with van der Waals surface area (Å²) in [5.41, 5.74) is 0.959. The number of methoxy groups -OCH3 is 1. The van der Waals surface area contributed by atoms with Gasteiger partial charge in [-0.05, 0) is 29.0 Å². The number of aromatic nitrogens is 5. The molecule has 0 spiro atoms. The van der Waals surface area contributed by atoms with Crippen LogP contribution in [-0.2, 0) is 28.9 Å². The second-order valence-electron chi connectivity index (χ2n) is 4.55. The first kappa shape index (κ1) is 15.0. The van der Waals surface area contributed by atoms with Gasteiger partial charge in [-0.2, -0.15) is 0 Å². The first-order valence-corrected chi connectivity index (χ1v) is 6.58. The fraction of sp³-hybridized carbons (Fsp3) is 0.462. The van der Waals surface area contributed by atoms with Crippen LogP contribution in [0.5, 0.6) is 0 Å². The molecule has 0 amide bonds. The van der Waals surface area contributed by atoms with Gasteiger partial charge in [0.05, 0.1) is 19.1 Å². The molecule has 21 heavy (non-hydrogen) atoms. The molecule has 112 valence electrons. The molecule has 2 rings (SSSR count). The van der Waals surface area contributed by atoms with E-state index in [1.54, 1.807) is 10.9 Å². The lowest BCUT2D eigenvalue weighted by atomic mass is 10.2. The molecule has 8 nitrogen and oxygen atoms in total. The highest BCUT2D eigenvalue weighted by Crippen LogP contribution is 2.06. The summed E-state index contributed by atoms with van der Waals surface area (Å²) in [6.45, 7) is 0.313. The molecule has 1 N–H and O–H groups in total. The lowest BCUT2D eigenvalue weighted by Crippen LogP contribution is -2.24. The van der Waals surface area contributed by atoms with E-state index in [1.807, 2.05) is 18.2 Å². The third-order valence-electron chi connectivity index (χ3n) is 3.05. The van der Waals surface area contributed by atoms with Crippen molar-refractivity contribution in [3.63, 3.8) is 0 Å². The van der Waals surface area contributed by atoms with E-state index >= 15 is 0 Å². The number of hydrogen-bond donors (Lipinski definition) is 1. The van der Waals surface area contributed by atoms with Crippen LogP contribution in [0.1, 0.15) is 17.9 Å². The van der Waals surface area contributed by atoms with Crippen LogP contribution < -0.4 is 0 Å². The Morgan fingerprint density at radius 3 is 2.95 bits per heavy atom. The molecule has 0 bridgehead atoms. The normalized spacial score (nSPS) is 12.2. The summed E-state index contributed by atoms with van der Waals surface area (Å²) < 4.78 is 6.73. The maximum absolute atomic E-state index is 10.7. The summed E-state index contributed by atoms with van der Waals surface area (Å²) in [6.07, 6.45) is 2.55. The third-order valence-corrected chi connectivity index (χ3v) is 3.05. The Hall–Kier alpha value is -2.35. The van der Waals surface area contributed by atoms with Crippen LogP contribution in [0, 0.1) is 0 Å². The highest BCUT2D eigenvalue weighted by Gasteiger charge is 2.16. The van der Waals surface area contributed by atoms with Gasteiger partial charge in [0, 0.05) is 25.4 Å². The molecule has 1 atom stereocenters. The van der Waals surface area contributed by atoms with Crippen molar-refractivity contribution in [2.24, 2.45) is 0 Å². The van der Waals surface area contributed by atoms with Gasteiger partial charge in [-0.15, -0.1) is 5.10 Å². The zero-order valence-electron chi connectivity index (χ0n) is 11.7. The number of aliphatic carboxylic acids is 1. The maximum Gasteiger partial charge on any atom is 0.306 e. The second kappa shape index (κ2) is 7.44. The van der Waals surface area contributed by atoms with Gasteiger partial charge in [0.2, 0.25) is 0 Å². The van der Waals surface area contributed by atoms with Crippen molar-refractivity contribution in [1.29, 1.82) is 0 Å². The Bertz CT molecular complexity index is 572. The molecule has 0 aromatic carbocycles. The van der Waals surface area contributed by atoms with Gasteiger partial charge in [0.25, 0.3) is 0 Å². The number of carboxylic acid groups (broad SMARTS) is 1. The predicted molar refractivity (Wildman–Crippen MR) is 72.5 cm³/mol.